The SMILES string of the molecule is COc1ccc(Oc2cccc(/C=[N+](\[O-])C(C)C)c2)cc1. The van der Waals surface area contributed by atoms with Crippen molar-refractivity contribution in [2.75, 3.05) is 7.11 Å². The molecule has 2 aromatic carbocycles. The molecule has 0 aromatic heterocycles. The van der Waals surface area contributed by atoms with Crippen molar-refractivity contribution in [1.29, 1.82) is 0 Å². The summed E-state index contributed by atoms with van der Waals surface area (Å²) in [6.45, 7) is 3.70. The summed E-state index contributed by atoms with van der Waals surface area (Å²) in [5.41, 5.74) is 0.810. The number of hydrogen-bond donors (Lipinski definition) is 0. The van der Waals surface area contributed by atoms with E-state index in [1.165, 1.54) is 0 Å². The van der Waals surface area contributed by atoms with Gasteiger partial charge in [0.25, 0.3) is 0 Å². The van der Waals surface area contributed by atoms with Crippen LogP contribution in [0.5, 0.6) is 17.2 Å². The monoisotopic (exact) mass is 285 g/mol. The highest BCUT2D eigenvalue weighted by atomic mass is 16.5. The summed E-state index contributed by atoms with van der Waals surface area (Å²) >= 11 is 0. The molecule has 0 aliphatic carbocycles. The van der Waals surface area contributed by atoms with Crippen LogP contribution in [-0.4, -0.2) is 24.1 Å². The van der Waals surface area contributed by atoms with Gasteiger partial charge in [-0.15, -0.1) is 0 Å². The lowest BCUT2D eigenvalue weighted by Crippen LogP contribution is -2.14. The molecule has 4 nitrogen and oxygen atoms in total. The molecule has 0 heterocycles. The largest absolute Gasteiger partial charge is 0.624 e. The molecule has 0 aliphatic heterocycles. The van der Waals surface area contributed by atoms with Crippen LogP contribution in [0.4, 0.5) is 0 Å². The molecule has 0 saturated carbocycles. The summed E-state index contributed by atoms with van der Waals surface area (Å²) in [5, 5.41) is 11.7. The van der Waals surface area contributed by atoms with Crippen molar-refractivity contribution in [2.24, 2.45) is 0 Å². The molecule has 0 spiro atoms. The molecule has 21 heavy (non-hydrogen) atoms. The summed E-state index contributed by atoms with van der Waals surface area (Å²) in [7, 11) is 1.62. The smallest absolute Gasteiger partial charge is 0.182 e. The molecule has 0 unspecified atom stereocenters. The van der Waals surface area contributed by atoms with E-state index in [0.717, 1.165) is 21.8 Å². The van der Waals surface area contributed by atoms with Crippen LogP contribution in [0.1, 0.15) is 19.4 Å². The van der Waals surface area contributed by atoms with Crippen LogP contribution in [0.3, 0.4) is 0 Å². The van der Waals surface area contributed by atoms with Crippen molar-refractivity contribution >= 4 is 6.21 Å². The van der Waals surface area contributed by atoms with Crippen molar-refractivity contribution in [3.63, 3.8) is 0 Å². The number of ether oxygens (including phenoxy) is 2. The van der Waals surface area contributed by atoms with Gasteiger partial charge in [-0.1, -0.05) is 6.07 Å². The van der Waals surface area contributed by atoms with E-state index in [0.29, 0.717) is 5.75 Å². The molecule has 0 fully saturated rings. The fraction of sp³-hybridized carbons (Fsp3) is 0.235. The molecule has 0 amide bonds. The maximum absolute atomic E-state index is 11.7. The van der Waals surface area contributed by atoms with Crippen LogP contribution in [0, 0.1) is 5.21 Å². The molecule has 0 radical (unpaired) electrons. The van der Waals surface area contributed by atoms with E-state index in [-0.39, 0.29) is 6.04 Å². The number of rotatable bonds is 5. The average molecular weight is 285 g/mol. The van der Waals surface area contributed by atoms with Crippen LogP contribution in [0.15, 0.2) is 48.5 Å². The molecular weight excluding hydrogens is 266 g/mol. The van der Waals surface area contributed by atoms with E-state index in [2.05, 4.69) is 0 Å². The minimum atomic E-state index is -0.0869. The highest BCUT2D eigenvalue weighted by Crippen LogP contribution is 2.24. The Bertz CT molecular complexity index is 618. The standard InChI is InChI=1S/C17H19NO3/c1-13(2)18(19)12-14-5-4-6-17(11-14)21-16-9-7-15(20-3)8-10-16/h4-13H,1-3H3/b18-12-. The van der Waals surface area contributed by atoms with Crippen LogP contribution in [0.2, 0.25) is 0 Å². The molecule has 110 valence electrons. The van der Waals surface area contributed by atoms with E-state index in [1.54, 1.807) is 13.3 Å². The molecule has 2 aromatic rings. The van der Waals surface area contributed by atoms with Crippen LogP contribution >= 0.6 is 0 Å². The van der Waals surface area contributed by atoms with E-state index >= 15 is 0 Å². The van der Waals surface area contributed by atoms with Gasteiger partial charge in [0.15, 0.2) is 12.3 Å². The fourth-order valence-corrected chi connectivity index (χ4v) is 1.73. The van der Waals surface area contributed by atoms with Crippen LogP contribution in [0.25, 0.3) is 0 Å². The molecule has 2 rings (SSSR count). The first-order valence-corrected chi connectivity index (χ1v) is 6.81. The quantitative estimate of drug-likeness (QED) is 0.363. The summed E-state index contributed by atoms with van der Waals surface area (Å²) in [6.07, 6.45) is 1.56. The topological polar surface area (TPSA) is 44.5 Å². The number of methoxy groups -OCH3 is 1. The van der Waals surface area contributed by atoms with Crippen molar-refractivity contribution in [3.8, 4) is 17.2 Å². The summed E-state index contributed by atoms with van der Waals surface area (Å²) < 4.78 is 11.8. The molecule has 4 heteroatoms. The van der Waals surface area contributed by atoms with Gasteiger partial charge in [0, 0.05) is 5.56 Å². The number of hydroxylamine groups is 1. The van der Waals surface area contributed by atoms with Gasteiger partial charge in [-0.25, -0.2) is 4.74 Å². The molecule has 0 atom stereocenters. The second-order valence-electron chi connectivity index (χ2n) is 4.93. The Kier molecular flexibility index (Phi) is 4.82. The minimum absolute atomic E-state index is 0.0869. The van der Waals surface area contributed by atoms with Gasteiger partial charge in [0.05, 0.1) is 7.11 Å². The highest BCUT2D eigenvalue weighted by molar-refractivity contribution is 5.76. The maximum Gasteiger partial charge on any atom is 0.182 e. The molecule has 0 aliphatic rings. The van der Waals surface area contributed by atoms with Crippen molar-refractivity contribution < 1.29 is 14.2 Å². The average Bonchev–Trinajstić information content (AvgIpc) is 2.48. The van der Waals surface area contributed by atoms with Gasteiger partial charge < -0.3 is 14.7 Å². The van der Waals surface area contributed by atoms with E-state index in [4.69, 9.17) is 9.47 Å². The number of hydrogen-bond acceptors (Lipinski definition) is 3. The normalized spacial score (nSPS) is 11.5. The summed E-state index contributed by atoms with van der Waals surface area (Å²) in [6, 6.07) is 14.7. The third-order valence-electron chi connectivity index (χ3n) is 2.94. The Labute approximate surface area is 124 Å². The predicted molar refractivity (Wildman–Crippen MR) is 83.4 cm³/mol. The zero-order chi connectivity index (χ0) is 15.2. The first-order valence-electron chi connectivity index (χ1n) is 6.81. The zero-order valence-corrected chi connectivity index (χ0v) is 12.4. The number of benzene rings is 2. The molecule has 0 N–H and O–H groups in total. The van der Waals surface area contributed by atoms with Gasteiger partial charge in [0.2, 0.25) is 0 Å². The predicted octanol–water partition coefficient (Wildman–Crippen LogP) is 3.83. The first-order chi connectivity index (χ1) is 10.1. The van der Waals surface area contributed by atoms with Gasteiger partial charge in [-0.3, -0.25) is 0 Å². The second-order valence-corrected chi connectivity index (χ2v) is 4.93. The lowest BCUT2D eigenvalue weighted by Gasteiger charge is -2.09. The third-order valence-corrected chi connectivity index (χ3v) is 2.94. The Morgan fingerprint density at radius 1 is 1.00 bits per heavy atom. The molecular formula is C17H19NO3. The Morgan fingerprint density at radius 2 is 1.67 bits per heavy atom. The lowest BCUT2D eigenvalue weighted by molar-refractivity contribution is -0.487. The minimum Gasteiger partial charge on any atom is -0.624 e. The van der Waals surface area contributed by atoms with Crippen molar-refractivity contribution in [2.45, 2.75) is 19.9 Å². The maximum atomic E-state index is 11.7. The van der Waals surface area contributed by atoms with Crippen molar-refractivity contribution in [3.05, 3.63) is 59.3 Å². The van der Waals surface area contributed by atoms with Gasteiger partial charge in [0.1, 0.15) is 17.2 Å². The van der Waals surface area contributed by atoms with Gasteiger partial charge in [-0.05, 0) is 56.3 Å². The lowest BCUT2D eigenvalue weighted by atomic mass is 10.2. The van der Waals surface area contributed by atoms with E-state index in [1.807, 2.05) is 62.4 Å². The first kappa shape index (κ1) is 14.9. The molecule has 0 bridgehead atoms. The van der Waals surface area contributed by atoms with E-state index < -0.39 is 0 Å². The fourth-order valence-electron chi connectivity index (χ4n) is 1.73. The van der Waals surface area contributed by atoms with Crippen molar-refractivity contribution in [1.82, 2.24) is 0 Å². The Hall–Kier alpha value is -2.49. The Morgan fingerprint density at radius 3 is 2.29 bits per heavy atom. The van der Waals surface area contributed by atoms with Crippen LogP contribution in [-0.2, 0) is 0 Å². The van der Waals surface area contributed by atoms with E-state index in [9.17, 15) is 5.21 Å². The molecule has 0 saturated heterocycles. The zero-order valence-electron chi connectivity index (χ0n) is 12.4. The highest BCUT2D eigenvalue weighted by Gasteiger charge is 2.03. The summed E-state index contributed by atoms with van der Waals surface area (Å²) in [4.78, 5) is 0. The second kappa shape index (κ2) is 6.79. The third kappa shape index (κ3) is 4.24. The number of nitrogens with zero attached hydrogens (tertiary/aromatic N) is 1. The van der Waals surface area contributed by atoms with Gasteiger partial charge >= 0.3 is 0 Å². The van der Waals surface area contributed by atoms with Gasteiger partial charge in [-0.2, -0.15) is 0 Å². The Balaban J connectivity index is 2.15. The van der Waals surface area contributed by atoms with Crippen LogP contribution < -0.4 is 9.47 Å². The summed E-state index contributed by atoms with van der Waals surface area (Å²) in [5.74, 6) is 2.19.